The molecular formula is C16H21N3O. The fourth-order valence-corrected chi connectivity index (χ4v) is 2.78. The first-order valence-corrected chi connectivity index (χ1v) is 7.17. The summed E-state index contributed by atoms with van der Waals surface area (Å²) in [6.45, 7) is 4.83. The quantitative estimate of drug-likeness (QED) is 0.930. The highest BCUT2D eigenvalue weighted by Crippen LogP contribution is 2.32. The summed E-state index contributed by atoms with van der Waals surface area (Å²) < 4.78 is 8.03. The van der Waals surface area contributed by atoms with Gasteiger partial charge in [0.1, 0.15) is 12.4 Å². The number of nitrogens with two attached hydrogens (primary N) is 1. The van der Waals surface area contributed by atoms with Crippen LogP contribution in [0, 0.1) is 0 Å². The fourth-order valence-electron chi connectivity index (χ4n) is 2.78. The molecule has 0 fully saturated rings. The molecule has 0 unspecified atom stereocenters. The Morgan fingerprint density at radius 3 is 3.10 bits per heavy atom. The Bertz CT molecular complexity index is 604. The van der Waals surface area contributed by atoms with Crippen LogP contribution in [0.25, 0.3) is 0 Å². The molecule has 3 rings (SSSR count). The fraction of sp³-hybridized carbons (Fsp3) is 0.438. The lowest BCUT2D eigenvalue weighted by atomic mass is 10.1. The van der Waals surface area contributed by atoms with Gasteiger partial charge in [-0.15, -0.1) is 0 Å². The third kappa shape index (κ3) is 2.43. The van der Waals surface area contributed by atoms with Crippen molar-refractivity contribution in [1.82, 2.24) is 9.55 Å². The number of hydrogen-bond donors (Lipinski definition) is 1. The van der Waals surface area contributed by atoms with Gasteiger partial charge in [0.15, 0.2) is 0 Å². The summed E-state index contributed by atoms with van der Waals surface area (Å²) >= 11 is 0. The van der Waals surface area contributed by atoms with Crippen LogP contribution < -0.4 is 10.5 Å². The molecule has 0 amide bonds. The summed E-state index contributed by atoms with van der Waals surface area (Å²) in [4.78, 5) is 4.19. The normalized spacial score (nSPS) is 17.5. The molecule has 2 N–H and O–H groups in total. The number of imidazole rings is 1. The van der Waals surface area contributed by atoms with Gasteiger partial charge in [0.2, 0.25) is 0 Å². The molecule has 1 aromatic carbocycles. The Balaban J connectivity index is 1.71. The van der Waals surface area contributed by atoms with Crippen LogP contribution >= 0.6 is 0 Å². The molecule has 1 atom stereocenters. The maximum Gasteiger partial charge on any atom is 0.130 e. The number of rotatable bonds is 4. The molecule has 1 heterocycles. The van der Waals surface area contributed by atoms with Gasteiger partial charge < -0.3 is 15.0 Å². The van der Waals surface area contributed by atoms with E-state index in [1.54, 1.807) is 0 Å². The Morgan fingerprint density at radius 2 is 2.30 bits per heavy atom. The predicted molar refractivity (Wildman–Crippen MR) is 78.6 cm³/mol. The summed E-state index contributed by atoms with van der Waals surface area (Å²) in [6, 6.07) is 6.83. The van der Waals surface area contributed by atoms with Crippen LogP contribution in [0.4, 0.5) is 0 Å². The lowest BCUT2D eigenvalue weighted by Crippen LogP contribution is -2.07. The van der Waals surface area contributed by atoms with Gasteiger partial charge in [0.25, 0.3) is 0 Å². The molecule has 1 aliphatic carbocycles. The minimum Gasteiger partial charge on any atom is -0.487 e. The van der Waals surface area contributed by atoms with Crippen molar-refractivity contribution < 1.29 is 4.74 Å². The lowest BCUT2D eigenvalue weighted by Gasteiger charge is -2.13. The highest BCUT2D eigenvalue weighted by atomic mass is 16.5. The molecular weight excluding hydrogens is 250 g/mol. The third-order valence-corrected chi connectivity index (χ3v) is 3.93. The summed E-state index contributed by atoms with van der Waals surface area (Å²) in [6.07, 6.45) is 5.81. The van der Waals surface area contributed by atoms with Crippen molar-refractivity contribution in [3.8, 4) is 5.75 Å². The smallest absolute Gasteiger partial charge is 0.130 e. The number of nitrogens with zero attached hydrogens (tertiary/aromatic N) is 2. The van der Waals surface area contributed by atoms with Gasteiger partial charge in [0.05, 0.1) is 18.2 Å². The van der Waals surface area contributed by atoms with E-state index in [2.05, 4.69) is 35.5 Å². The number of ether oxygens (including phenoxy) is 1. The van der Waals surface area contributed by atoms with E-state index in [9.17, 15) is 0 Å². The molecule has 1 aliphatic rings. The molecule has 4 heteroatoms. The van der Waals surface area contributed by atoms with Gasteiger partial charge in [-0.3, -0.25) is 0 Å². The van der Waals surface area contributed by atoms with Crippen molar-refractivity contribution in [1.29, 1.82) is 0 Å². The van der Waals surface area contributed by atoms with Crippen LogP contribution in [0.15, 0.2) is 30.7 Å². The molecule has 0 bridgehead atoms. The van der Waals surface area contributed by atoms with Gasteiger partial charge in [-0.25, -0.2) is 4.98 Å². The average Bonchev–Trinajstić information content (AvgIpc) is 3.03. The topological polar surface area (TPSA) is 53.1 Å². The average molecular weight is 271 g/mol. The van der Waals surface area contributed by atoms with Crippen LogP contribution in [-0.4, -0.2) is 9.55 Å². The van der Waals surface area contributed by atoms with E-state index >= 15 is 0 Å². The minimum atomic E-state index is 0.196. The first kappa shape index (κ1) is 13.2. The number of hydrogen-bond acceptors (Lipinski definition) is 3. The number of aromatic nitrogens is 2. The molecule has 0 saturated carbocycles. The predicted octanol–water partition coefficient (Wildman–Crippen LogP) is 2.99. The van der Waals surface area contributed by atoms with E-state index in [4.69, 9.17) is 10.5 Å². The molecule has 0 aliphatic heterocycles. The maximum absolute atomic E-state index is 6.05. The van der Waals surface area contributed by atoms with Crippen molar-refractivity contribution in [2.75, 3.05) is 0 Å². The van der Waals surface area contributed by atoms with E-state index in [0.29, 0.717) is 12.6 Å². The zero-order valence-corrected chi connectivity index (χ0v) is 12.0. The highest BCUT2D eigenvalue weighted by Gasteiger charge is 2.19. The van der Waals surface area contributed by atoms with Crippen molar-refractivity contribution in [2.45, 2.75) is 45.4 Å². The first-order chi connectivity index (χ1) is 9.65. The largest absolute Gasteiger partial charge is 0.487 e. The molecule has 106 valence electrons. The second kappa shape index (κ2) is 5.29. The molecule has 2 aromatic rings. The molecule has 0 saturated heterocycles. The molecule has 20 heavy (non-hydrogen) atoms. The van der Waals surface area contributed by atoms with E-state index in [0.717, 1.165) is 24.3 Å². The van der Waals surface area contributed by atoms with Gasteiger partial charge in [-0.2, -0.15) is 0 Å². The summed E-state index contributed by atoms with van der Waals surface area (Å²) in [7, 11) is 0. The zero-order valence-electron chi connectivity index (χ0n) is 12.0. The van der Waals surface area contributed by atoms with Crippen LogP contribution in [0.5, 0.6) is 5.75 Å². The molecule has 0 radical (unpaired) electrons. The van der Waals surface area contributed by atoms with Gasteiger partial charge in [0, 0.05) is 12.1 Å². The first-order valence-electron chi connectivity index (χ1n) is 7.17. The molecule has 1 aromatic heterocycles. The van der Waals surface area contributed by atoms with E-state index in [-0.39, 0.29) is 6.04 Å². The second-order valence-electron chi connectivity index (χ2n) is 5.68. The Kier molecular flexibility index (Phi) is 3.49. The minimum absolute atomic E-state index is 0.196. The lowest BCUT2D eigenvalue weighted by molar-refractivity contribution is 0.292. The molecule has 0 spiro atoms. The SMILES string of the molecule is CC(C)n1cncc1COc1ccc2c(c1)CC[C@H]2N. The van der Waals surface area contributed by atoms with Crippen molar-refractivity contribution in [3.05, 3.63) is 47.5 Å². The van der Waals surface area contributed by atoms with Crippen molar-refractivity contribution >= 4 is 0 Å². The standard InChI is InChI=1S/C16H21N3O/c1-11(2)19-10-18-8-13(19)9-20-14-4-5-15-12(7-14)3-6-16(15)17/h4-5,7-8,10-11,16H,3,6,9,17H2,1-2H3/t16-/m1/s1. The van der Waals surface area contributed by atoms with Crippen molar-refractivity contribution in [3.63, 3.8) is 0 Å². The number of benzene rings is 1. The highest BCUT2D eigenvalue weighted by molar-refractivity contribution is 5.40. The van der Waals surface area contributed by atoms with Gasteiger partial charge in [-0.1, -0.05) is 6.07 Å². The zero-order chi connectivity index (χ0) is 14.1. The Labute approximate surface area is 119 Å². The van der Waals surface area contributed by atoms with Crippen LogP contribution in [0.3, 0.4) is 0 Å². The van der Waals surface area contributed by atoms with E-state index in [1.807, 2.05) is 18.6 Å². The van der Waals surface area contributed by atoms with Crippen LogP contribution in [0.2, 0.25) is 0 Å². The van der Waals surface area contributed by atoms with Crippen LogP contribution in [0.1, 0.15) is 49.2 Å². The van der Waals surface area contributed by atoms with E-state index in [1.165, 1.54) is 11.1 Å². The summed E-state index contributed by atoms with van der Waals surface area (Å²) in [5, 5.41) is 0. The second-order valence-corrected chi connectivity index (χ2v) is 5.68. The maximum atomic E-state index is 6.05. The summed E-state index contributed by atoms with van der Waals surface area (Å²) in [5.74, 6) is 0.911. The third-order valence-electron chi connectivity index (χ3n) is 3.93. The number of fused-ring (bicyclic) bond motifs is 1. The number of aryl methyl sites for hydroxylation is 1. The Morgan fingerprint density at radius 1 is 1.45 bits per heavy atom. The van der Waals surface area contributed by atoms with Gasteiger partial charge >= 0.3 is 0 Å². The van der Waals surface area contributed by atoms with Gasteiger partial charge in [-0.05, 0) is 49.9 Å². The summed E-state index contributed by atoms with van der Waals surface area (Å²) in [5.41, 5.74) is 9.74. The van der Waals surface area contributed by atoms with Crippen molar-refractivity contribution in [2.24, 2.45) is 5.73 Å². The monoisotopic (exact) mass is 271 g/mol. The van der Waals surface area contributed by atoms with E-state index < -0.39 is 0 Å². The molecule has 4 nitrogen and oxygen atoms in total. The van der Waals surface area contributed by atoms with Crippen LogP contribution in [-0.2, 0) is 13.0 Å². The Hall–Kier alpha value is -1.81.